The van der Waals surface area contributed by atoms with Crippen LogP contribution in [0.25, 0.3) is 0 Å². The van der Waals surface area contributed by atoms with Crippen LogP contribution in [0, 0.1) is 0 Å². The number of furan rings is 1. The summed E-state index contributed by atoms with van der Waals surface area (Å²) in [6.07, 6.45) is 5.92. The summed E-state index contributed by atoms with van der Waals surface area (Å²) in [7, 11) is 0. The van der Waals surface area contributed by atoms with E-state index in [9.17, 15) is 14.4 Å². The number of thioether (sulfide) groups is 1. The molecule has 1 aromatic carbocycles. The Balaban J connectivity index is 1.48. The van der Waals surface area contributed by atoms with E-state index in [1.54, 1.807) is 25.1 Å². The third-order valence-electron chi connectivity index (χ3n) is 5.67. The lowest BCUT2D eigenvalue weighted by atomic mass is 9.95. The number of ether oxygens (including phenoxy) is 1. The summed E-state index contributed by atoms with van der Waals surface area (Å²) >= 11 is 2.90. The molecule has 1 aliphatic rings. The van der Waals surface area contributed by atoms with Crippen molar-refractivity contribution in [3.63, 3.8) is 0 Å². The summed E-state index contributed by atoms with van der Waals surface area (Å²) in [5.41, 5.74) is 2.15. The Morgan fingerprint density at radius 1 is 1.11 bits per heavy atom. The lowest BCUT2D eigenvalue weighted by molar-refractivity contribution is -0.115. The number of hydrogen-bond donors (Lipinski definition) is 2. The summed E-state index contributed by atoms with van der Waals surface area (Å²) in [5, 5.41) is 6.04. The van der Waals surface area contributed by atoms with E-state index in [0.717, 1.165) is 41.0 Å². The first kappa shape index (κ1) is 25.1. The van der Waals surface area contributed by atoms with Gasteiger partial charge in [-0.25, -0.2) is 4.79 Å². The zero-order chi connectivity index (χ0) is 24.8. The van der Waals surface area contributed by atoms with E-state index < -0.39 is 0 Å². The van der Waals surface area contributed by atoms with Gasteiger partial charge in [0, 0.05) is 15.5 Å². The van der Waals surface area contributed by atoms with Gasteiger partial charge in [0.2, 0.25) is 5.91 Å². The highest BCUT2D eigenvalue weighted by Gasteiger charge is 2.29. The zero-order valence-electron chi connectivity index (χ0n) is 19.7. The zero-order valence-corrected chi connectivity index (χ0v) is 21.4. The van der Waals surface area contributed by atoms with Crippen molar-refractivity contribution in [2.45, 2.75) is 56.1 Å². The molecule has 2 aromatic heterocycles. The molecular formula is C26H28N2O5S2. The van der Waals surface area contributed by atoms with Crippen molar-refractivity contribution in [3.05, 3.63) is 64.4 Å². The molecule has 2 amide bonds. The molecule has 0 saturated carbocycles. The van der Waals surface area contributed by atoms with Crippen LogP contribution in [0.5, 0.6) is 0 Å². The second-order valence-corrected chi connectivity index (χ2v) is 10.5. The summed E-state index contributed by atoms with van der Waals surface area (Å²) in [6.45, 7) is 4.02. The van der Waals surface area contributed by atoms with Crippen molar-refractivity contribution in [1.82, 2.24) is 0 Å². The topological polar surface area (TPSA) is 97.6 Å². The number of fused-ring (bicyclic) bond motifs is 1. The maximum Gasteiger partial charge on any atom is 0.341 e. The largest absolute Gasteiger partial charge is 0.462 e. The van der Waals surface area contributed by atoms with E-state index in [2.05, 4.69) is 10.6 Å². The molecule has 1 atom stereocenters. The van der Waals surface area contributed by atoms with E-state index in [4.69, 9.17) is 9.15 Å². The minimum Gasteiger partial charge on any atom is -0.462 e. The molecule has 0 fully saturated rings. The minimum absolute atomic E-state index is 0.160. The average Bonchev–Trinajstić information content (AvgIpc) is 3.51. The molecule has 4 rings (SSSR count). The van der Waals surface area contributed by atoms with Crippen LogP contribution in [0.15, 0.2) is 52.0 Å². The first-order chi connectivity index (χ1) is 17.0. The Morgan fingerprint density at radius 3 is 2.69 bits per heavy atom. The lowest BCUT2D eigenvalue weighted by Gasteiger charge is -2.16. The number of nitrogens with one attached hydrogen (secondary N) is 2. The molecule has 35 heavy (non-hydrogen) atoms. The van der Waals surface area contributed by atoms with Gasteiger partial charge in [0.25, 0.3) is 5.91 Å². The number of amides is 2. The Bertz CT molecular complexity index is 1200. The number of esters is 1. The SMILES string of the molecule is CCOC(=O)c1c(NC(=O)C(CC)Sc2cccc(NC(=O)c3ccco3)c2)sc2c1CCCC2. The maximum atomic E-state index is 13.3. The van der Waals surface area contributed by atoms with Gasteiger partial charge in [-0.05, 0) is 74.9 Å². The van der Waals surface area contributed by atoms with Gasteiger partial charge in [-0.1, -0.05) is 13.0 Å². The Hall–Kier alpha value is -3.04. The van der Waals surface area contributed by atoms with Crippen LogP contribution in [-0.2, 0) is 22.4 Å². The molecule has 1 aliphatic carbocycles. The molecule has 2 heterocycles. The maximum absolute atomic E-state index is 13.3. The van der Waals surface area contributed by atoms with Gasteiger partial charge >= 0.3 is 5.97 Å². The number of rotatable bonds is 9. The Labute approximate surface area is 212 Å². The van der Waals surface area contributed by atoms with Crippen molar-refractivity contribution >= 4 is 51.6 Å². The lowest BCUT2D eigenvalue weighted by Crippen LogP contribution is -2.25. The third-order valence-corrected chi connectivity index (χ3v) is 8.23. The molecule has 9 heteroatoms. The first-order valence-corrected chi connectivity index (χ1v) is 13.4. The number of carbonyl (C=O) groups is 3. The fraction of sp³-hybridized carbons (Fsp3) is 0.346. The van der Waals surface area contributed by atoms with Crippen LogP contribution < -0.4 is 10.6 Å². The van der Waals surface area contributed by atoms with Gasteiger partial charge < -0.3 is 19.8 Å². The van der Waals surface area contributed by atoms with E-state index in [-0.39, 0.29) is 35.4 Å². The molecular weight excluding hydrogens is 484 g/mol. The quantitative estimate of drug-likeness (QED) is 0.263. The molecule has 0 spiro atoms. The smallest absolute Gasteiger partial charge is 0.341 e. The number of aryl methyl sites for hydroxylation is 1. The van der Waals surface area contributed by atoms with Gasteiger partial charge in [0.05, 0.1) is 23.7 Å². The fourth-order valence-electron chi connectivity index (χ4n) is 4.00. The normalized spacial score (nSPS) is 13.5. The number of thiophene rings is 1. The third kappa shape index (κ3) is 5.97. The van der Waals surface area contributed by atoms with E-state index in [0.29, 0.717) is 22.7 Å². The van der Waals surface area contributed by atoms with Gasteiger partial charge in [-0.2, -0.15) is 0 Å². The molecule has 184 valence electrons. The van der Waals surface area contributed by atoms with Crippen LogP contribution in [0.2, 0.25) is 0 Å². The molecule has 0 saturated heterocycles. The van der Waals surface area contributed by atoms with Crippen molar-refractivity contribution < 1.29 is 23.5 Å². The average molecular weight is 513 g/mol. The highest BCUT2D eigenvalue weighted by atomic mass is 32.2. The molecule has 3 aromatic rings. The molecule has 0 bridgehead atoms. The standard InChI is InChI=1S/C26H28N2O5S2/c1-3-20(34-17-10-7-9-16(15-17)27-23(29)19-12-8-14-33-19)24(30)28-25-22(26(31)32-4-2)18-11-5-6-13-21(18)35-25/h7-10,12,14-15,20H,3-6,11,13H2,1-2H3,(H,27,29)(H,28,30). The van der Waals surface area contributed by atoms with Crippen LogP contribution in [0.4, 0.5) is 10.7 Å². The van der Waals surface area contributed by atoms with Gasteiger partial charge in [-0.15, -0.1) is 23.1 Å². The Morgan fingerprint density at radius 2 is 1.94 bits per heavy atom. The highest BCUT2D eigenvalue weighted by molar-refractivity contribution is 8.00. The van der Waals surface area contributed by atoms with Crippen molar-refractivity contribution in [2.75, 3.05) is 17.2 Å². The number of benzene rings is 1. The van der Waals surface area contributed by atoms with Gasteiger partial charge in [0.1, 0.15) is 5.00 Å². The molecule has 0 aliphatic heterocycles. The number of carbonyl (C=O) groups excluding carboxylic acids is 3. The predicted octanol–water partition coefficient (Wildman–Crippen LogP) is 6.16. The van der Waals surface area contributed by atoms with Crippen molar-refractivity contribution in [3.8, 4) is 0 Å². The number of anilines is 2. The van der Waals surface area contributed by atoms with E-state index >= 15 is 0 Å². The molecule has 2 N–H and O–H groups in total. The van der Waals surface area contributed by atoms with Crippen molar-refractivity contribution in [2.24, 2.45) is 0 Å². The summed E-state index contributed by atoms with van der Waals surface area (Å²) < 4.78 is 10.4. The van der Waals surface area contributed by atoms with Crippen molar-refractivity contribution in [1.29, 1.82) is 0 Å². The second-order valence-electron chi connectivity index (χ2n) is 8.10. The highest BCUT2D eigenvalue weighted by Crippen LogP contribution is 2.39. The molecule has 0 radical (unpaired) electrons. The second kappa shape index (κ2) is 11.6. The van der Waals surface area contributed by atoms with Crippen LogP contribution in [0.1, 0.15) is 64.5 Å². The summed E-state index contributed by atoms with van der Waals surface area (Å²) in [5.74, 6) is -0.644. The number of hydrogen-bond acceptors (Lipinski definition) is 7. The molecule has 1 unspecified atom stereocenters. The van der Waals surface area contributed by atoms with Crippen LogP contribution >= 0.6 is 23.1 Å². The van der Waals surface area contributed by atoms with E-state index in [1.165, 1.54) is 29.4 Å². The van der Waals surface area contributed by atoms with E-state index in [1.807, 2.05) is 25.1 Å². The van der Waals surface area contributed by atoms with Gasteiger partial charge in [0.15, 0.2) is 5.76 Å². The monoisotopic (exact) mass is 512 g/mol. The van der Waals surface area contributed by atoms with Crippen LogP contribution in [-0.4, -0.2) is 29.6 Å². The molecule has 7 nitrogen and oxygen atoms in total. The summed E-state index contributed by atoms with van der Waals surface area (Å²) in [4.78, 5) is 40.3. The van der Waals surface area contributed by atoms with Crippen LogP contribution in [0.3, 0.4) is 0 Å². The minimum atomic E-state index is -0.375. The Kier molecular flexibility index (Phi) is 8.30. The predicted molar refractivity (Wildman–Crippen MR) is 139 cm³/mol. The summed E-state index contributed by atoms with van der Waals surface area (Å²) in [6, 6.07) is 10.6. The first-order valence-electron chi connectivity index (χ1n) is 11.7. The van der Waals surface area contributed by atoms with Gasteiger partial charge in [-0.3, -0.25) is 9.59 Å². The fourth-order valence-corrected chi connectivity index (χ4v) is 6.29.